The third-order valence-electron chi connectivity index (χ3n) is 7.10. The lowest BCUT2D eigenvalue weighted by Gasteiger charge is -2.26. The highest BCUT2D eigenvalue weighted by molar-refractivity contribution is 9.10. The van der Waals surface area contributed by atoms with Gasteiger partial charge in [0, 0.05) is 21.7 Å². The summed E-state index contributed by atoms with van der Waals surface area (Å²) in [6.45, 7) is 3.96. The Labute approximate surface area is 260 Å². The number of carbonyl (C=O) groups is 1. The first-order valence-corrected chi connectivity index (χ1v) is 15.3. The monoisotopic (exact) mass is 654 g/mol. The molecular weight excluding hydrogens is 628 g/mol. The number of ether oxygens (including phenoxy) is 2. The van der Waals surface area contributed by atoms with Crippen LogP contribution in [0.5, 0.6) is 5.75 Å². The smallest absolute Gasteiger partial charge is 0.338 e. The minimum Gasteiger partial charge on any atom is -0.497 e. The molecule has 0 saturated heterocycles. The molecule has 5 aromatic rings. The van der Waals surface area contributed by atoms with Gasteiger partial charge in [0.1, 0.15) is 17.3 Å². The maximum absolute atomic E-state index is 14.1. The van der Waals surface area contributed by atoms with Crippen molar-refractivity contribution in [2.45, 2.75) is 19.9 Å². The van der Waals surface area contributed by atoms with Crippen LogP contribution in [0.25, 0.3) is 23.1 Å². The largest absolute Gasteiger partial charge is 0.497 e. The number of thiazole rings is 1. The number of benzene rings is 3. The number of halogens is 1. The topological polar surface area (TPSA) is 83.0 Å². The van der Waals surface area contributed by atoms with E-state index in [2.05, 4.69) is 15.9 Å². The Morgan fingerprint density at radius 2 is 1.84 bits per heavy atom. The Balaban J connectivity index is 1.55. The van der Waals surface area contributed by atoms with Crippen molar-refractivity contribution in [3.05, 3.63) is 137 Å². The van der Waals surface area contributed by atoms with Gasteiger partial charge in [-0.2, -0.15) is 0 Å². The molecule has 2 aromatic heterocycles. The fraction of sp³-hybridized carbons (Fsp3) is 0.147. The number of rotatable bonds is 7. The average Bonchev–Trinajstić information content (AvgIpc) is 3.60. The molecule has 0 radical (unpaired) electrons. The zero-order chi connectivity index (χ0) is 30.1. The Bertz CT molecular complexity index is 2040. The highest BCUT2D eigenvalue weighted by Crippen LogP contribution is 2.36. The Kier molecular flexibility index (Phi) is 8.01. The van der Waals surface area contributed by atoms with Gasteiger partial charge in [-0.05, 0) is 61.4 Å². The summed E-state index contributed by atoms with van der Waals surface area (Å²) in [5, 5.41) is 0. The van der Waals surface area contributed by atoms with Crippen molar-refractivity contribution in [2.24, 2.45) is 4.99 Å². The molecule has 0 saturated carbocycles. The van der Waals surface area contributed by atoms with Gasteiger partial charge in [-0.15, -0.1) is 0 Å². The Morgan fingerprint density at radius 3 is 2.53 bits per heavy atom. The number of methoxy groups -OCH3 is 1. The molecule has 0 aliphatic carbocycles. The molecule has 0 N–H and O–H groups in total. The fourth-order valence-corrected chi connectivity index (χ4v) is 6.74. The number of fused-ring (bicyclic) bond motifs is 1. The molecule has 3 heterocycles. The van der Waals surface area contributed by atoms with Crippen molar-refractivity contribution in [2.75, 3.05) is 13.7 Å². The van der Waals surface area contributed by atoms with E-state index in [1.165, 1.54) is 11.3 Å². The summed E-state index contributed by atoms with van der Waals surface area (Å²) < 4.78 is 20.0. The van der Waals surface area contributed by atoms with Crippen LogP contribution >= 0.6 is 27.3 Å². The maximum atomic E-state index is 14.1. The van der Waals surface area contributed by atoms with Gasteiger partial charge in [-0.1, -0.05) is 75.8 Å². The molecule has 1 atom stereocenters. The number of hydrogen-bond acceptors (Lipinski definition) is 7. The van der Waals surface area contributed by atoms with E-state index in [0.29, 0.717) is 37.9 Å². The number of aromatic nitrogens is 1. The molecule has 0 unspecified atom stereocenters. The molecule has 7 nitrogen and oxygen atoms in total. The molecule has 1 aliphatic heterocycles. The molecule has 0 amide bonds. The van der Waals surface area contributed by atoms with Crippen LogP contribution in [0.3, 0.4) is 0 Å². The van der Waals surface area contributed by atoms with Crippen LogP contribution in [0.4, 0.5) is 0 Å². The lowest BCUT2D eigenvalue weighted by Crippen LogP contribution is -2.40. The van der Waals surface area contributed by atoms with Crippen LogP contribution in [-0.4, -0.2) is 24.3 Å². The predicted octanol–water partition coefficient (Wildman–Crippen LogP) is 6.28. The Morgan fingerprint density at radius 1 is 1.07 bits per heavy atom. The zero-order valence-electron chi connectivity index (χ0n) is 23.7. The van der Waals surface area contributed by atoms with E-state index in [1.54, 1.807) is 24.7 Å². The van der Waals surface area contributed by atoms with Crippen LogP contribution < -0.4 is 19.6 Å². The van der Waals surface area contributed by atoms with Crippen LogP contribution in [-0.2, 0) is 9.53 Å². The van der Waals surface area contributed by atoms with Gasteiger partial charge in [0.05, 0.1) is 35.6 Å². The van der Waals surface area contributed by atoms with E-state index in [9.17, 15) is 9.59 Å². The van der Waals surface area contributed by atoms with Crippen LogP contribution in [0, 0.1) is 6.92 Å². The summed E-state index contributed by atoms with van der Waals surface area (Å²) in [6.07, 6.45) is 1.72. The molecule has 0 spiro atoms. The summed E-state index contributed by atoms with van der Waals surface area (Å²) >= 11 is 4.86. The molecule has 0 fully saturated rings. The van der Waals surface area contributed by atoms with E-state index in [4.69, 9.17) is 18.9 Å². The number of nitrogens with zero attached hydrogens (tertiary/aromatic N) is 2. The van der Waals surface area contributed by atoms with E-state index in [-0.39, 0.29) is 12.2 Å². The number of aryl methyl sites for hydroxylation is 1. The predicted molar refractivity (Wildman–Crippen MR) is 171 cm³/mol. The van der Waals surface area contributed by atoms with Crippen molar-refractivity contribution in [1.82, 2.24) is 4.57 Å². The highest BCUT2D eigenvalue weighted by atomic mass is 79.9. The highest BCUT2D eigenvalue weighted by Gasteiger charge is 2.35. The quantitative estimate of drug-likeness (QED) is 0.193. The first kappa shape index (κ1) is 28.6. The second kappa shape index (κ2) is 12.0. The Hall–Kier alpha value is -4.47. The van der Waals surface area contributed by atoms with Crippen LogP contribution in [0.2, 0.25) is 0 Å². The van der Waals surface area contributed by atoms with Gasteiger partial charge in [0.15, 0.2) is 4.80 Å². The van der Waals surface area contributed by atoms with E-state index < -0.39 is 12.0 Å². The number of carbonyl (C=O) groups excluding carboxylic acids is 1. The molecule has 0 bridgehead atoms. The third-order valence-corrected chi connectivity index (χ3v) is 8.73. The molecule has 6 rings (SSSR count). The minimum absolute atomic E-state index is 0.183. The van der Waals surface area contributed by atoms with Gasteiger partial charge < -0.3 is 13.9 Å². The van der Waals surface area contributed by atoms with E-state index >= 15 is 0 Å². The minimum atomic E-state index is -0.769. The second-order valence-corrected chi connectivity index (χ2v) is 11.8. The average molecular weight is 656 g/mol. The summed E-state index contributed by atoms with van der Waals surface area (Å²) in [5.74, 6) is 1.34. The molecule has 9 heteroatoms. The van der Waals surface area contributed by atoms with E-state index in [1.807, 2.05) is 91.9 Å². The standard InChI is InChI=1S/C34H27BrN2O5S/c1-4-41-33(39)29-30(21-8-6-5-7-9-21)36-34-37(31(29)22-11-13-23(40-3)14-12-22)32(38)28(43-34)19-24-15-17-27(42-24)25-16-10-20(2)18-26(25)35/h5-19,31H,4H2,1-3H3/b28-19-/t31-/m0/s1. The first-order chi connectivity index (χ1) is 20.9. The third kappa shape index (κ3) is 5.53. The molecule has 43 heavy (non-hydrogen) atoms. The van der Waals surface area contributed by atoms with Gasteiger partial charge in [0.25, 0.3) is 5.56 Å². The van der Waals surface area contributed by atoms with Crippen LogP contribution in [0.1, 0.15) is 35.4 Å². The summed E-state index contributed by atoms with van der Waals surface area (Å²) in [6, 6.07) is 25.8. The first-order valence-electron chi connectivity index (χ1n) is 13.7. The van der Waals surface area contributed by atoms with Crippen molar-refractivity contribution in [1.29, 1.82) is 0 Å². The summed E-state index contributed by atoms with van der Waals surface area (Å²) in [5.41, 5.74) is 4.00. The molecule has 3 aromatic carbocycles. The second-order valence-electron chi connectivity index (χ2n) is 9.89. The van der Waals surface area contributed by atoms with Crippen molar-refractivity contribution in [3.63, 3.8) is 0 Å². The lowest BCUT2D eigenvalue weighted by atomic mass is 9.93. The van der Waals surface area contributed by atoms with Gasteiger partial charge in [0.2, 0.25) is 0 Å². The fourth-order valence-electron chi connectivity index (χ4n) is 5.07. The molecule has 1 aliphatic rings. The lowest BCUT2D eigenvalue weighted by molar-refractivity contribution is -0.138. The van der Waals surface area contributed by atoms with Gasteiger partial charge in [-0.3, -0.25) is 9.36 Å². The SMILES string of the molecule is CCOC(=O)C1=C(c2ccccc2)N=c2s/c(=C\c3ccc(-c4ccc(C)cc4Br)o3)c(=O)n2[C@H]1c1ccc(OC)cc1. The number of hydrogen-bond donors (Lipinski definition) is 0. The summed E-state index contributed by atoms with van der Waals surface area (Å²) in [4.78, 5) is 33.0. The maximum Gasteiger partial charge on any atom is 0.338 e. The summed E-state index contributed by atoms with van der Waals surface area (Å²) in [7, 11) is 1.59. The van der Waals surface area contributed by atoms with E-state index in [0.717, 1.165) is 26.7 Å². The van der Waals surface area contributed by atoms with Gasteiger partial charge >= 0.3 is 5.97 Å². The van der Waals surface area contributed by atoms with Crippen molar-refractivity contribution in [3.8, 4) is 17.1 Å². The number of esters is 1. The van der Waals surface area contributed by atoms with Crippen molar-refractivity contribution < 1.29 is 18.7 Å². The molecular formula is C34H27BrN2O5S. The number of furan rings is 1. The molecule has 216 valence electrons. The van der Waals surface area contributed by atoms with Crippen LogP contribution in [0.15, 0.2) is 109 Å². The normalized spacial score (nSPS) is 14.8. The van der Waals surface area contributed by atoms with Crippen molar-refractivity contribution >= 4 is 45.0 Å². The zero-order valence-corrected chi connectivity index (χ0v) is 26.1. The van der Waals surface area contributed by atoms with Gasteiger partial charge in [-0.25, -0.2) is 9.79 Å².